The second-order valence-electron chi connectivity index (χ2n) is 5.82. The molecule has 1 aromatic carbocycles. The summed E-state index contributed by atoms with van der Waals surface area (Å²) >= 11 is 0. The van der Waals surface area contributed by atoms with Gasteiger partial charge in [0.2, 0.25) is 5.91 Å². The largest absolute Gasteiger partial charge is 0.348 e. The zero-order chi connectivity index (χ0) is 15.1. The van der Waals surface area contributed by atoms with Gasteiger partial charge in [0, 0.05) is 13.1 Å². The summed E-state index contributed by atoms with van der Waals surface area (Å²) in [5.74, 6) is 0.129. The first-order valence-electron chi connectivity index (χ1n) is 7.98. The Morgan fingerprint density at radius 1 is 1.29 bits per heavy atom. The Bertz CT molecular complexity index is 436. The number of benzene rings is 1. The number of carbonyl (C=O) groups is 1. The van der Waals surface area contributed by atoms with Crippen molar-refractivity contribution in [2.24, 2.45) is 0 Å². The molecule has 2 rings (SSSR count). The minimum Gasteiger partial charge on any atom is -0.348 e. The molecule has 0 bridgehead atoms. The van der Waals surface area contributed by atoms with E-state index in [2.05, 4.69) is 53.6 Å². The van der Waals surface area contributed by atoms with Gasteiger partial charge in [-0.3, -0.25) is 9.69 Å². The Balaban J connectivity index is 1.88. The molecular formula is C17H27N3O. The van der Waals surface area contributed by atoms with Gasteiger partial charge < -0.3 is 10.6 Å². The fraction of sp³-hybridized carbons (Fsp3) is 0.588. The number of hydrogen-bond acceptors (Lipinski definition) is 3. The Hall–Kier alpha value is -1.39. The Labute approximate surface area is 127 Å². The summed E-state index contributed by atoms with van der Waals surface area (Å²) < 4.78 is 0. The molecule has 1 unspecified atom stereocenters. The van der Waals surface area contributed by atoms with E-state index in [1.807, 2.05) is 0 Å². The SMILES string of the molecule is CCC(NC(=O)CN1CCCNCC1)c1ccc(C)cc1. The van der Waals surface area contributed by atoms with Crippen LogP contribution in [-0.2, 0) is 4.79 Å². The number of amides is 1. The Morgan fingerprint density at radius 3 is 2.76 bits per heavy atom. The van der Waals surface area contributed by atoms with E-state index in [9.17, 15) is 4.79 Å². The molecule has 2 N–H and O–H groups in total. The van der Waals surface area contributed by atoms with Crippen molar-refractivity contribution in [3.05, 3.63) is 35.4 Å². The first-order chi connectivity index (χ1) is 10.2. The van der Waals surface area contributed by atoms with Gasteiger partial charge in [-0.25, -0.2) is 0 Å². The monoisotopic (exact) mass is 289 g/mol. The fourth-order valence-electron chi connectivity index (χ4n) is 2.72. The summed E-state index contributed by atoms with van der Waals surface area (Å²) in [7, 11) is 0. The molecule has 0 spiro atoms. The molecule has 1 atom stereocenters. The number of hydrogen-bond donors (Lipinski definition) is 2. The van der Waals surface area contributed by atoms with Crippen LogP contribution in [-0.4, -0.2) is 43.5 Å². The number of nitrogens with zero attached hydrogens (tertiary/aromatic N) is 1. The first kappa shape index (κ1) is 16.0. The predicted molar refractivity (Wildman–Crippen MR) is 86.3 cm³/mol. The second-order valence-corrected chi connectivity index (χ2v) is 5.82. The molecule has 21 heavy (non-hydrogen) atoms. The zero-order valence-corrected chi connectivity index (χ0v) is 13.2. The smallest absolute Gasteiger partial charge is 0.234 e. The molecular weight excluding hydrogens is 262 g/mol. The maximum Gasteiger partial charge on any atom is 0.234 e. The van der Waals surface area contributed by atoms with Crippen molar-refractivity contribution in [1.82, 2.24) is 15.5 Å². The molecule has 1 amide bonds. The molecule has 1 aliphatic rings. The van der Waals surface area contributed by atoms with E-state index in [1.165, 1.54) is 11.1 Å². The number of aryl methyl sites for hydroxylation is 1. The number of nitrogens with one attached hydrogen (secondary N) is 2. The third-order valence-corrected chi connectivity index (χ3v) is 4.02. The first-order valence-corrected chi connectivity index (χ1v) is 7.98. The molecule has 4 heteroatoms. The van der Waals surface area contributed by atoms with Crippen LogP contribution in [0.25, 0.3) is 0 Å². The van der Waals surface area contributed by atoms with Crippen LogP contribution >= 0.6 is 0 Å². The molecule has 0 radical (unpaired) electrons. The van der Waals surface area contributed by atoms with Crippen LogP contribution < -0.4 is 10.6 Å². The molecule has 1 fully saturated rings. The van der Waals surface area contributed by atoms with Crippen LogP contribution in [0.4, 0.5) is 0 Å². The van der Waals surface area contributed by atoms with Gasteiger partial charge in [-0.1, -0.05) is 36.8 Å². The van der Waals surface area contributed by atoms with Crippen molar-refractivity contribution >= 4 is 5.91 Å². The van der Waals surface area contributed by atoms with E-state index in [1.54, 1.807) is 0 Å². The van der Waals surface area contributed by atoms with E-state index in [0.717, 1.165) is 39.0 Å². The lowest BCUT2D eigenvalue weighted by molar-refractivity contribution is -0.123. The van der Waals surface area contributed by atoms with E-state index < -0.39 is 0 Å². The lowest BCUT2D eigenvalue weighted by Gasteiger charge is -2.22. The van der Waals surface area contributed by atoms with Crippen LogP contribution in [0.15, 0.2) is 24.3 Å². The van der Waals surface area contributed by atoms with Crippen LogP contribution in [0.2, 0.25) is 0 Å². The summed E-state index contributed by atoms with van der Waals surface area (Å²) in [6.07, 6.45) is 2.03. The quantitative estimate of drug-likeness (QED) is 0.869. The fourth-order valence-corrected chi connectivity index (χ4v) is 2.72. The summed E-state index contributed by atoms with van der Waals surface area (Å²) in [5, 5.41) is 6.53. The van der Waals surface area contributed by atoms with E-state index in [4.69, 9.17) is 0 Å². The van der Waals surface area contributed by atoms with Gasteiger partial charge in [-0.15, -0.1) is 0 Å². The van der Waals surface area contributed by atoms with Crippen molar-refractivity contribution in [3.8, 4) is 0 Å². The summed E-state index contributed by atoms with van der Waals surface area (Å²) in [6, 6.07) is 8.54. The van der Waals surface area contributed by atoms with Gasteiger partial charge in [-0.05, 0) is 38.4 Å². The summed E-state index contributed by atoms with van der Waals surface area (Å²) in [4.78, 5) is 14.5. The predicted octanol–water partition coefficient (Wildman–Crippen LogP) is 1.86. The molecule has 0 aliphatic carbocycles. The van der Waals surface area contributed by atoms with Gasteiger partial charge in [0.25, 0.3) is 0 Å². The Morgan fingerprint density at radius 2 is 2.05 bits per heavy atom. The average Bonchev–Trinajstić information content (AvgIpc) is 2.74. The standard InChI is InChI=1S/C17H27N3O/c1-3-16(15-7-5-14(2)6-8-15)19-17(21)13-20-11-4-9-18-10-12-20/h5-8,16,18H,3-4,9-13H2,1-2H3,(H,19,21). The molecule has 0 saturated carbocycles. The molecule has 1 aromatic rings. The number of rotatable bonds is 5. The lowest BCUT2D eigenvalue weighted by atomic mass is 10.0. The second kappa shape index (κ2) is 8.15. The Kier molecular flexibility index (Phi) is 6.21. The van der Waals surface area contributed by atoms with E-state index >= 15 is 0 Å². The summed E-state index contributed by atoms with van der Waals surface area (Å²) in [5.41, 5.74) is 2.44. The van der Waals surface area contributed by atoms with Crippen molar-refractivity contribution in [2.45, 2.75) is 32.7 Å². The maximum atomic E-state index is 12.3. The zero-order valence-electron chi connectivity index (χ0n) is 13.2. The van der Waals surface area contributed by atoms with Gasteiger partial charge >= 0.3 is 0 Å². The minimum absolute atomic E-state index is 0.114. The number of carbonyl (C=O) groups excluding carboxylic acids is 1. The van der Waals surface area contributed by atoms with Crippen molar-refractivity contribution in [2.75, 3.05) is 32.7 Å². The van der Waals surface area contributed by atoms with Crippen molar-refractivity contribution in [3.63, 3.8) is 0 Å². The van der Waals surface area contributed by atoms with Crippen LogP contribution in [0.1, 0.15) is 36.9 Å². The van der Waals surface area contributed by atoms with Crippen LogP contribution in [0.5, 0.6) is 0 Å². The minimum atomic E-state index is 0.114. The summed E-state index contributed by atoms with van der Waals surface area (Å²) in [6.45, 7) is 8.68. The van der Waals surface area contributed by atoms with Crippen molar-refractivity contribution in [1.29, 1.82) is 0 Å². The normalized spacial score (nSPS) is 18.0. The average molecular weight is 289 g/mol. The highest BCUT2D eigenvalue weighted by atomic mass is 16.2. The maximum absolute atomic E-state index is 12.3. The van der Waals surface area contributed by atoms with Gasteiger partial charge in [0.15, 0.2) is 0 Å². The molecule has 1 saturated heterocycles. The molecule has 1 heterocycles. The molecule has 1 aliphatic heterocycles. The third-order valence-electron chi connectivity index (χ3n) is 4.02. The topological polar surface area (TPSA) is 44.4 Å². The highest BCUT2D eigenvalue weighted by Crippen LogP contribution is 2.17. The highest BCUT2D eigenvalue weighted by molar-refractivity contribution is 5.78. The van der Waals surface area contributed by atoms with Gasteiger partial charge in [0.05, 0.1) is 12.6 Å². The molecule has 0 aromatic heterocycles. The highest BCUT2D eigenvalue weighted by Gasteiger charge is 2.16. The van der Waals surface area contributed by atoms with Crippen molar-refractivity contribution < 1.29 is 4.79 Å². The van der Waals surface area contributed by atoms with Crippen LogP contribution in [0, 0.1) is 6.92 Å². The van der Waals surface area contributed by atoms with Gasteiger partial charge in [-0.2, -0.15) is 0 Å². The third kappa shape index (κ3) is 5.14. The van der Waals surface area contributed by atoms with E-state index in [0.29, 0.717) is 6.54 Å². The lowest BCUT2D eigenvalue weighted by Crippen LogP contribution is -2.40. The van der Waals surface area contributed by atoms with Gasteiger partial charge in [0.1, 0.15) is 0 Å². The van der Waals surface area contributed by atoms with E-state index in [-0.39, 0.29) is 11.9 Å². The van der Waals surface area contributed by atoms with Crippen LogP contribution in [0.3, 0.4) is 0 Å². The molecule has 4 nitrogen and oxygen atoms in total. The molecule has 116 valence electrons.